The molecule has 5 rings (SSSR count). The lowest BCUT2D eigenvalue weighted by molar-refractivity contribution is -0.120. The molecular weight excluding hydrogens is 496 g/mol. The van der Waals surface area contributed by atoms with Gasteiger partial charge in [-0.15, -0.1) is 11.3 Å². The molecule has 0 spiro atoms. The monoisotopic (exact) mass is 514 g/mol. The van der Waals surface area contributed by atoms with E-state index in [1.54, 1.807) is 42.5 Å². The number of ketones is 2. The zero-order valence-corrected chi connectivity index (χ0v) is 20.2. The van der Waals surface area contributed by atoms with Crippen LogP contribution in [0.2, 0.25) is 4.34 Å². The molecule has 1 aromatic heterocycles. The predicted molar refractivity (Wildman–Crippen MR) is 129 cm³/mol. The van der Waals surface area contributed by atoms with Crippen molar-refractivity contribution in [3.8, 4) is 0 Å². The number of halogens is 1. The Kier molecular flexibility index (Phi) is 5.89. The number of thiophene rings is 1. The highest BCUT2D eigenvalue weighted by molar-refractivity contribution is 7.91. The van der Waals surface area contributed by atoms with Gasteiger partial charge in [-0.2, -0.15) is 4.31 Å². The molecule has 1 saturated heterocycles. The summed E-state index contributed by atoms with van der Waals surface area (Å²) in [6.07, 6.45) is 1.66. The second-order valence-electron chi connectivity index (χ2n) is 8.11. The van der Waals surface area contributed by atoms with E-state index in [4.69, 9.17) is 11.6 Å². The number of carbonyl (C=O) groups is 3. The van der Waals surface area contributed by atoms with E-state index >= 15 is 0 Å². The molecule has 1 atom stereocenters. The van der Waals surface area contributed by atoms with Gasteiger partial charge < -0.3 is 5.32 Å². The van der Waals surface area contributed by atoms with Crippen LogP contribution in [0.4, 0.5) is 5.69 Å². The fourth-order valence-corrected chi connectivity index (χ4v) is 7.74. The molecule has 174 valence electrons. The Balaban J connectivity index is 1.48. The Labute approximate surface area is 205 Å². The molecule has 2 aromatic carbocycles. The Morgan fingerprint density at radius 1 is 0.941 bits per heavy atom. The third-order valence-electron chi connectivity index (χ3n) is 6.08. The van der Waals surface area contributed by atoms with Crippen molar-refractivity contribution in [3.05, 3.63) is 81.2 Å². The molecule has 1 aliphatic carbocycles. The standard InChI is InChI=1S/C24H19ClN2O5S2/c25-19-11-12-20(33-19)34(31,32)27-13-4-3-10-18(27)24(30)26-17-9-5-8-16-21(17)23(29)15-7-2-1-6-14(15)22(16)28/h1-2,5-9,11-12,18H,3-4,10,13H2,(H,26,30). The molecule has 0 saturated carbocycles. The summed E-state index contributed by atoms with van der Waals surface area (Å²) in [6, 6.07) is 13.3. The fraction of sp³-hybridized carbons (Fsp3) is 0.208. The molecule has 1 N–H and O–H groups in total. The van der Waals surface area contributed by atoms with Crippen LogP contribution in [-0.4, -0.2) is 42.8 Å². The highest BCUT2D eigenvalue weighted by Crippen LogP contribution is 2.34. The molecule has 1 fully saturated rings. The number of carbonyl (C=O) groups excluding carboxylic acids is 3. The molecule has 0 bridgehead atoms. The molecule has 2 aliphatic rings. The minimum absolute atomic E-state index is 0.0756. The van der Waals surface area contributed by atoms with Crippen LogP contribution < -0.4 is 5.32 Å². The van der Waals surface area contributed by atoms with Crippen molar-refractivity contribution < 1.29 is 22.8 Å². The largest absolute Gasteiger partial charge is 0.324 e. The molecule has 7 nitrogen and oxygen atoms in total. The van der Waals surface area contributed by atoms with Crippen molar-refractivity contribution in [2.75, 3.05) is 11.9 Å². The van der Waals surface area contributed by atoms with Gasteiger partial charge in [-0.05, 0) is 31.0 Å². The number of benzene rings is 2. The van der Waals surface area contributed by atoms with Gasteiger partial charge in [0.15, 0.2) is 11.6 Å². The smallest absolute Gasteiger partial charge is 0.253 e. The highest BCUT2D eigenvalue weighted by Gasteiger charge is 2.39. The topological polar surface area (TPSA) is 101 Å². The van der Waals surface area contributed by atoms with E-state index in [9.17, 15) is 22.8 Å². The molecule has 0 radical (unpaired) electrons. The number of rotatable bonds is 4. The Hall–Kier alpha value is -2.85. The van der Waals surface area contributed by atoms with E-state index in [0.29, 0.717) is 29.2 Å². The van der Waals surface area contributed by atoms with Gasteiger partial charge in [-0.3, -0.25) is 14.4 Å². The second-order valence-corrected chi connectivity index (χ2v) is 11.9. The maximum Gasteiger partial charge on any atom is 0.253 e. The summed E-state index contributed by atoms with van der Waals surface area (Å²) >= 11 is 6.88. The summed E-state index contributed by atoms with van der Waals surface area (Å²) in [4.78, 5) is 39.5. The maximum absolute atomic E-state index is 13.3. The van der Waals surface area contributed by atoms with Crippen LogP contribution in [0, 0.1) is 0 Å². The Morgan fingerprint density at radius 2 is 1.65 bits per heavy atom. The third kappa shape index (κ3) is 3.78. The predicted octanol–water partition coefficient (Wildman–Crippen LogP) is 4.36. The number of piperidine rings is 1. The summed E-state index contributed by atoms with van der Waals surface area (Å²) in [7, 11) is -3.92. The molecular formula is C24H19ClN2O5S2. The van der Waals surface area contributed by atoms with Crippen molar-refractivity contribution in [1.82, 2.24) is 4.31 Å². The summed E-state index contributed by atoms with van der Waals surface area (Å²) in [5.41, 5.74) is 1.12. The quantitative estimate of drug-likeness (QED) is 0.436. The van der Waals surface area contributed by atoms with Gasteiger partial charge in [-0.25, -0.2) is 8.42 Å². The van der Waals surface area contributed by atoms with Crippen LogP contribution in [0.5, 0.6) is 0 Å². The van der Waals surface area contributed by atoms with Crippen molar-refractivity contribution in [2.24, 2.45) is 0 Å². The molecule has 1 unspecified atom stereocenters. The van der Waals surface area contributed by atoms with E-state index in [0.717, 1.165) is 11.3 Å². The molecule has 3 aromatic rings. The third-order valence-corrected chi connectivity index (χ3v) is 9.68. The first-order valence-electron chi connectivity index (χ1n) is 10.7. The van der Waals surface area contributed by atoms with Gasteiger partial charge in [0, 0.05) is 23.2 Å². The van der Waals surface area contributed by atoms with Gasteiger partial charge in [0.25, 0.3) is 10.0 Å². The lowest BCUT2D eigenvalue weighted by atomic mass is 9.83. The average Bonchev–Trinajstić information content (AvgIpc) is 3.29. The molecule has 1 amide bonds. The van der Waals surface area contributed by atoms with E-state index in [1.807, 2.05) is 0 Å². The minimum atomic E-state index is -3.92. The highest BCUT2D eigenvalue weighted by atomic mass is 35.5. The van der Waals surface area contributed by atoms with Crippen molar-refractivity contribution in [1.29, 1.82) is 0 Å². The van der Waals surface area contributed by atoms with Crippen LogP contribution in [-0.2, 0) is 14.8 Å². The molecule has 1 aliphatic heterocycles. The molecule has 2 heterocycles. The summed E-state index contributed by atoms with van der Waals surface area (Å²) in [5.74, 6) is -1.20. The number of nitrogens with zero attached hydrogens (tertiary/aromatic N) is 1. The number of amides is 1. The first kappa shape index (κ1) is 22.9. The fourth-order valence-electron chi connectivity index (χ4n) is 4.47. The van der Waals surface area contributed by atoms with E-state index in [-0.39, 0.29) is 44.7 Å². The summed E-state index contributed by atoms with van der Waals surface area (Å²) in [6.45, 7) is 0.202. The van der Waals surface area contributed by atoms with Crippen LogP contribution in [0.25, 0.3) is 0 Å². The average molecular weight is 515 g/mol. The number of sulfonamides is 1. The Morgan fingerprint density at radius 3 is 2.35 bits per heavy atom. The van der Waals surface area contributed by atoms with Gasteiger partial charge in [0.2, 0.25) is 5.91 Å². The zero-order chi connectivity index (χ0) is 24.0. The first-order chi connectivity index (χ1) is 16.3. The number of hydrogen-bond donors (Lipinski definition) is 1. The first-order valence-corrected chi connectivity index (χ1v) is 13.3. The maximum atomic E-state index is 13.3. The van der Waals surface area contributed by atoms with Gasteiger partial charge in [0.05, 0.1) is 15.6 Å². The van der Waals surface area contributed by atoms with Crippen LogP contribution in [0.15, 0.2) is 58.8 Å². The van der Waals surface area contributed by atoms with Crippen molar-refractivity contribution in [3.63, 3.8) is 0 Å². The molecule has 10 heteroatoms. The van der Waals surface area contributed by atoms with E-state index < -0.39 is 22.0 Å². The van der Waals surface area contributed by atoms with Crippen LogP contribution in [0.1, 0.15) is 51.1 Å². The number of hydrogen-bond acceptors (Lipinski definition) is 6. The molecule has 34 heavy (non-hydrogen) atoms. The van der Waals surface area contributed by atoms with E-state index in [2.05, 4.69) is 5.32 Å². The lowest BCUT2D eigenvalue weighted by Gasteiger charge is -2.33. The van der Waals surface area contributed by atoms with E-state index in [1.165, 1.54) is 16.4 Å². The van der Waals surface area contributed by atoms with Crippen molar-refractivity contribution in [2.45, 2.75) is 29.5 Å². The van der Waals surface area contributed by atoms with Crippen LogP contribution in [0.3, 0.4) is 0 Å². The van der Waals surface area contributed by atoms with Gasteiger partial charge in [-0.1, -0.05) is 54.4 Å². The van der Waals surface area contributed by atoms with Gasteiger partial charge in [0.1, 0.15) is 10.3 Å². The van der Waals surface area contributed by atoms with Crippen LogP contribution >= 0.6 is 22.9 Å². The summed E-state index contributed by atoms with van der Waals surface area (Å²) < 4.78 is 28.1. The number of anilines is 1. The SMILES string of the molecule is O=C1c2ccccc2C(=O)c2c(NC(=O)C3CCCCN3S(=O)(=O)c3ccc(Cl)s3)cccc21. The zero-order valence-electron chi connectivity index (χ0n) is 17.8. The van der Waals surface area contributed by atoms with Crippen molar-refractivity contribution >= 4 is 56.1 Å². The summed E-state index contributed by atoms with van der Waals surface area (Å²) in [5, 5.41) is 2.74. The number of nitrogens with one attached hydrogen (secondary N) is 1. The number of fused-ring (bicyclic) bond motifs is 2. The Bertz CT molecular complexity index is 1450. The second kappa shape index (κ2) is 8.74. The normalized spacial score (nSPS) is 18.3. The minimum Gasteiger partial charge on any atom is -0.324 e. The van der Waals surface area contributed by atoms with Gasteiger partial charge >= 0.3 is 0 Å². The lowest BCUT2D eigenvalue weighted by Crippen LogP contribution is -2.49.